The Kier molecular flexibility index (Phi) is 3.93. The van der Waals surface area contributed by atoms with E-state index in [9.17, 15) is 13.6 Å². The fourth-order valence-electron chi connectivity index (χ4n) is 2.71. The zero-order valence-corrected chi connectivity index (χ0v) is 13.5. The van der Waals surface area contributed by atoms with E-state index in [2.05, 4.69) is 10.3 Å². The highest BCUT2D eigenvalue weighted by Crippen LogP contribution is 2.20. The van der Waals surface area contributed by atoms with Gasteiger partial charge in [0.05, 0.1) is 11.0 Å². The molecule has 0 bridgehead atoms. The van der Waals surface area contributed by atoms with Crippen LogP contribution in [0.5, 0.6) is 0 Å². The fraction of sp³-hybridized carbons (Fsp3) is 0. The summed E-state index contributed by atoms with van der Waals surface area (Å²) in [5, 5.41) is 2.66. The highest BCUT2D eigenvalue weighted by molar-refractivity contribution is 6.04. The molecule has 0 spiro atoms. The largest absolute Gasteiger partial charge is 0.322 e. The van der Waals surface area contributed by atoms with Gasteiger partial charge in [0.2, 0.25) is 0 Å². The monoisotopic (exact) mass is 349 g/mol. The summed E-state index contributed by atoms with van der Waals surface area (Å²) in [6.45, 7) is 0. The van der Waals surface area contributed by atoms with E-state index in [1.807, 2.05) is 41.0 Å². The molecule has 26 heavy (non-hydrogen) atoms. The van der Waals surface area contributed by atoms with Gasteiger partial charge < -0.3 is 5.32 Å². The summed E-state index contributed by atoms with van der Waals surface area (Å²) < 4.78 is 28.2. The molecule has 1 heterocycles. The molecule has 4 aromatic rings. The van der Waals surface area contributed by atoms with Gasteiger partial charge in [-0.3, -0.25) is 9.36 Å². The number of benzene rings is 3. The van der Waals surface area contributed by atoms with E-state index < -0.39 is 17.5 Å². The van der Waals surface area contributed by atoms with Crippen molar-refractivity contribution in [2.75, 3.05) is 5.32 Å². The Labute approximate surface area is 147 Å². The maximum atomic E-state index is 13.3. The van der Waals surface area contributed by atoms with Crippen molar-refractivity contribution in [3.63, 3.8) is 0 Å². The van der Waals surface area contributed by atoms with Gasteiger partial charge in [-0.1, -0.05) is 12.1 Å². The van der Waals surface area contributed by atoms with Crippen molar-refractivity contribution in [1.82, 2.24) is 9.55 Å². The molecule has 0 unspecified atom stereocenters. The number of para-hydroxylation sites is 2. The average Bonchev–Trinajstić information content (AvgIpc) is 3.09. The van der Waals surface area contributed by atoms with Crippen LogP contribution < -0.4 is 5.32 Å². The van der Waals surface area contributed by atoms with Crippen molar-refractivity contribution in [1.29, 1.82) is 0 Å². The first-order valence-corrected chi connectivity index (χ1v) is 7.91. The second-order valence-electron chi connectivity index (χ2n) is 5.73. The number of carbonyl (C=O) groups excluding carboxylic acids is 1. The molecule has 3 aromatic carbocycles. The third kappa shape index (κ3) is 2.93. The quantitative estimate of drug-likeness (QED) is 0.589. The summed E-state index contributed by atoms with van der Waals surface area (Å²) >= 11 is 0. The Morgan fingerprint density at radius 1 is 0.923 bits per heavy atom. The third-order valence-electron chi connectivity index (χ3n) is 4.04. The van der Waals surface area contributed by atoms with E-state index in [0.29, 0.717) is 5.69 Å². The number of amides is 1. The van der Waals surface area contributed by atoms with Crippen molar-refractivity contribution in [2.45, 2.75) is 0 Å². The highest BCUT2D eigenvalue weighted by Gasteiger charge is 2.10. The minimum absolute atomic E-state index is 0.0496. The molecule has 1 aromatic heterocycles. The van der Waals surface area contributed by atoms with E-state index >= 15 is 0 Å². The molecule has 0 aliphatic carbocycles. The second-order valence-corrected chi connectivity index (χ2v) is 5.73. The minimum atomic E-state index is -1.06. The van der Waals surface area contributed by atoms with Crippen LogP contribution in [0.4, 0.5) is 14.5 Å². The van der Waals surface area contributed by atoms with E-state index in [4.69, 9.17) is 0 Å². The van der Waals surface area contributed by atoms with Crippen molar-refractivity contribution < 1.29 is 13.6 Å². The van der Waals surface area contributed by atoms with Crippen LogP contribution in [0, 0.1) is 11.6 Å². The maximum Gasteiger partial charge on any atom is 0.255 e. The Bertz CT molecular complexity index is 1100. The van der Waals surface area contributed by atoms with Gasteiger partial charge in [0.25, 0.3) is 5.91 Å². The summed E-state index contributed by atoms with van der Waals surface area (Å²) in [5.41, 5.74) is 3.36. The molecule has 4 rings (SSSR count). The van der Waals surface area contributed by atoms with Crippen LogP contribution in [0.15, 0.2) is 73.1 Å². The standard InChI is InChI=1S/C20H13F2N3O/c21-16-10-5-13(11-17(16)22)20(26)24-14-6-8-15(9-7-14)25-12-23-18-3-1-2-4-19(18)25/h1-12H,(H,24,26). The summed E-state index contributed by atoms with van der Waals surface area (Å²) in [7, 11) is 0. The van der Waals surface area contributed by atoms with Crippen LogP contribution in [0.1, 0.15) is 10.4 Å². The molecule has 0 radical (unpaired) electrons. The van der Waals surface area contributed by atoms with Crippen LogP contribution in [0.25, 0.3) is 16.7 Å². The lowest BCUT2D eigenvalue weighted by atomic mass is 10.2. The predicted molar refractivity (Wildman–Crippen MR) is 95.4 cm³/mol. The molecular formula is C20H13F2N3O. The van der Waals surface area contributed by atoms with E-state index in [1.165, 1.54) is 6.07 Å². The lowest BCUT2D eigenvalue weighted by molar-refractivity contribution is 0.102. The molecule has 0 saturated heterocycles. The maximum absolute atomic E-state index is 13.3. The minimum Gasteiger partial charge on any atom is -0.322 e. The van der Waals surface area contributed by atoms with Gasteiger partial charge in [0.1, 0.15) is 6.33 Å². The molecule has 0 aliphatic heterocycles. The van der Waals surface area contributed by atoms with Gasteiger partial charge in [-0.15, -0.1) is 0 Å². The lowest BCUT2D eigenvalue weighted by Crippen LogP contribution is -2.12. The Morgan fingerprint density at radius 3 is 2.46 bits per heavy atom. The third-order valence-corrected chi connectivity index (χ3v) is 4.04. The summed E-state index contributed by atoms with van der Waals surface area (Å²) in [6, 6.07) is 18.0. The molecule has 6 heteroatoms. The molecule has 0 saturated carbocycles. The number of carbonyl (C=O) groups is 1. The first kappa shape index (κ1) is 16.0. The second kappa shape index (κ2) is 6.40. The molecule has 1 N–H and O–H groups in total. The summed E-state index contributed by atoms with van der Waals surface area (Å²) in [4.78, 5) is 16.5. The van der Waals surface area contributed by atoms with Crippen molar-refractivity contribution in [2.24, 2.45) is 0 Å². The number of aromatic nitrogens is 2. The number of nitrogens with one attached hydrogen (secondary N) is 1. The van der Waals surface area contributed by atoms with Crippen LogP contribution in [-0.2, 0) is 0 Å². The molecule has 0 atom stereocenters. The zero-order chi connectivity index (χ0) is 18.1. The normalized spacial score (nSPS) is 10.8. The summed E-state index contributed by atoms with van der Waals surface area (Å²) in [6.07, 6.45) is 1.74. The predicted octanol–water partition coefficient (Wildman–Crippen LogP) is 4.56. The van der Waals surface area contributed by atoms with E-state index in [0.717, 1.165) is 28.9 Å². The molecule has 128 valence electrons. The number of rotatable bonds is 3. The Balaban J connectivity index is 1.56. The molecule has 0 fully saturated rings. The first-order chi connectivity index (χ1) is 12.6. The van der Waals surface area contributed by atoms with Gasteiger partial charge in [0, 0.05) is 16.9 Å². The first-order valence-electron chi connectivity index (χ1n) is 7.91. The van der Waals surface area contributed by atoms with Crippen LogP contribution in [0.2, 0.25) is 0 Å². The smallest absolute Gasteiger partial charge is 0.255 e. The van der Waals surface area contributed by atoms with E-state index in [1.54, 1.807) is 18.5 Å². The van der Waals surface area contributed by atoms with Gasteiger partial charge >= 0.3 is 0 Å². The number of anilines is 1. The van der Waals surface area contributed by atoms with Crippen molar-refractivity contribution in [3.05, 3.63) is 90.3 Å². The Morgan fingerprint density at radius 2 is 1.69 bits per heavy atom. The molecule has 4 nitrogen and oxygen atoms in total. The number of halogens is 2. The van der Waals surface area contributed by atoms with Gasteiger partial charge in [0.15, 0.2) is 11.6 Å². The van der Waals surface area contributed by atoms with Crippen molar-refractivity contribution >= 4 is 22.6 Å². The topological polar surface area (TPSA) is 46.9 Å². The zero-order valence-electron chi connectivity index (χ0n) is 13.5. The van der Waals surface area contributed by atoms with Gasteiger partial charge in [-0.25, -0.2) is 13.8 Å². The van der Waals surface area contributed by atoms with Crippen molar-refractivity contribution in [3.8, 4) is 5.69 Å². The number of nitrogens with zero attached hydrogens (tertiary/aromatic N) is 2. The highest BCUT2D eigenvalue weighted by atomic mass is 19.2. The number of fused-ring (bicyclic) bond motifs is 1. The van der Waals surface area contributed by atoms with Crippen LogP contribution >= 0.6 is 0 Å². The number of hydrogen-bond acceptors (Lipinski definition) is 2. The van der Waals surface area contributed by atoms with Gasteiger partial charge in [-0.2, -0.15) is 0 Å². The SMILES string of the molecule is O=C(Nc1ccc(-n2cnc3ccccc32)cc1)c1ccc(F)c(F)c1. The van der Waals surface area contributed by atoms with Crippen LogP contribution in [0.3, 0.4) is 0 Å². The average molecular weight is 349 g/mol. The lowest BCUT2D eigenvalue weighted by Gasteiger charge is -2.08. The Hall–Kier alpha value is -3.54. The summed E-state index contributed by atoms with van der Waals surface area (Å²) in [5.74, 6) is -2.55. The number of imidazole rings is 1. The fourth-order valence-corrected chi connectivity index (χ4v) is 2.71. The molecule has 0 aliphatic rings. The number of hydrogen-bond donors (Lipinski definition) is 1. The van der Waals surface area contributed by atoms with Gasteiger partial charge in [-0.05, 0) is 54.6 Å². The molecular weight excluding hydrogens is 336 g/mol. The molecule has 1 amide bonds. The van der Waals surface area contributed by atoms with E-state index in [-0.39, 0.29) is 5.56 Å². The van der Waals surface area contributed by atoms with Crippen LogP contribution in [-0.4, -0.2) is 15.5 Å².